The number of imidazole rings is 1. The van der Waals surface area contributed by atoms with Crippen molar-refractivity contribution in [2.75, 3.05) is 5.43 Å². The average Bonchev–Trinajstić information content (AvgIpc) is 3.31. The first kappa shape index (κ1) is 20.0. The summed E-state index contributed by atoms with van der Waals surface area (Å²) in [6.07, 6.45) is 3.66. The van der Waals surface area contributed by atoms with Crippen LogP contribution in [-0.4, -0.2) is 30.2 Å². The van der Waals surface area contributed by atoms with E-state index in [1.165, 1.54) is 0 Å². The van der Waals surface area contributed by atoms with Crippen LogP contribution in [0.5, 0.6) is 17.5 Å². The van der Waals surface area contributed by atoms with E-state index in [0.29, 0.717) is 22.4 Å². The fraction of sp³-hybridized carbons (Fsp3) is 0.150. The van der Waals surface area contributed by atoms with Gasteiger partial charge in [-0.2, -0.15) is 19.6 Å². The second kappa shape index (κ2) is 6.90. The van der Waals surface area contributed by atoms with Gasteiger partial charge in [0.05, 0.1) is 27.3 Å². The second-order valence-corrected chi connectivity index (χ2v) is 9.35. The van der Waals surface area contributed by atoms with Crippen molar-refractivity contribution in [1.29, 1.82) is 0 Å². The minimum atomic E-state index is -3.91. The van der Waals surface area contributed by atoms with E-state index in [1.807, 2.05) is 43.7 Å². The Morgan fingerprint density at radius 2 is 1.97 bits per heavy atom. The normalized spacial score (nSPS) is 18.2. The fourth-order valence-electron chi connectivity index (χ4n) is 3.66. The van der Waals surface area contributed by atoms with Crippen LogP contribution in [0.1, 0.15) is 24.0 Å². The molecule has 4 aromatic rings. The molecule has 0 radical (unpaired) electrons. The van der Waals surface area contributed by atoms with E-state index in [0.717, 1.165) is 22.9 Å². The van der Waals surface area contributed by atoms with Gasteiger partial charge in [0.1, 0.15) is 11.6 Å². The average molecular weight is 484 g/mol. The standard InChI is InChI=1S/C20H15ClN7O4P/c1-9-8-28(11(3)23-9)15-5-4-12(7-22-15)10(2)26-27-19-16-14-6-13(21)17-18(16)31-33(29,30-17)32-20(24-14)25-19/h4-8H,1-3H3,(H,24,25,27)/b26-10+. The van der Waals surface area contributed by atoms with Gasteiger partial charge in [-0.15, -0.1) is 0 Å². The molecule has 0 saturated heterocycles. The Labute approximate surface area is 192 Å². The summed E-state index contributed by atoms with van der Waals surface area (Å²) in [6.45, 7) is 5.69. The second-order valence-electron chi connectivity index (χ2n) is 7.50. The lowest BCUT2D eigenvalue weighted by atomic mass is 10.2. The number of benzene rings is 1. The first-order valence-corrected chi connectivity index (χ1v) is 11.7. The van der Waals surface area contributed by atoms with E-state index < -0.39 is 7.82 Å². The van der Waals surface area contributed by atoms with Crippen molar-refractivity contribution in [3.05, 3.63) is 52.7 Å². The number of aryl methyl sites for hydroxylation is 2. The Balaban J connectivity index is 1.34. The van der Waals surface area contributed by atoms with Crippen molar-refractivity contribution < 1.29 is 18.1 Å². The van der Waals surface area contributed by atoms with Crippen LogP contribution in [-0.2, 0) is 4.57 Å². The predicted octanol–water partition coefficient (Wildman–Crippen LogP) is 4.59. The molecule has 3 aliphatic heterocycles. The number of nitrogens with one attached hydrogen (secondary N) is 1. The van der Waals surface area contributed by atoms with Crippen LogP contribution < -0.4 is 19.0 Å². The van der Waals surface area contributed by atoms with Gasteiger partial charge in [-0.05, 0) is 39.0 Å². The summed E-state index contributed by atoms with van der Waals surface area (Å²) in [5.41, 5.74) is 5.74. The van der Waals surface area contributed by atoms with E-state index in [-0.39, 0.29) is 22.5 Å². The van der Waals surface area contributed by atoms with Crippen LogP contribution in [0.2, 0.25) is 5.02 Å². The summed E-state index contributed by atoms with van der Waals surface area (Å²) in [6, 6.07) is 5.20. The van der Waals surface area contributed by atoms with Crippen molar-refractivity contribution in [3.63, 3.8) is 0 Å². The molecule has 11 nitrogen and oxygen atoms in total. The first-order valence-electron chi connectivity index (χ1n) is 9.82. The van der Waals surface area contributed by atoms with E-state index in [2.05, 4.69) is 30.5 Å². The third-order valence-corrected chi connectivity index (χ3v) is 6.65. The van der Waals surface area contributed by atoms with Gasteiger partial charge >= 0.3 is 13.8 Å². The Hall–Kier alpha value is -3.69. The molecule has 3 aromatic heterocycles. The van der Waals surface area contributed by atoms with E-state index >= 15 is 0 Å². The number of nitrogens with zero attached hydrogens (tertiary/aromatic N) is 6. The molecule has 166 valence electrons. The van der Waals surface area contributed by atoms with Gasteiger partial charge in [0.15, 0.2) is 17.3 Å². The largest absolute Gasteiger partial charge is 0.649 e. The number of fused-ring (bicyclic) bond motifs is 1. The molecule has 13 heteroatoms. The monoisotopic (exact) mass is 483 g/mol. The highest BCUT2D eigenvalue weighted by Gasteiger charge is 2.47. The van der Waals surface area contributed by atoms with Crippen molar-refractivity contribution in [2.45, 2.75) is 20.8 Å². The lowest BCUT2D eigenvalue weighted by molar-refractivity contribution is 0.321. The molecule has 0 saturated carbocycles. The molecule has 7 rings (SSSR count). The van der Waals surface area contributed by atoms with Gasteiger partial charge in [-0.1, -0.05) is 11.6 Å². The van der Waals surface area contributed by atoms with E-state index in [1.54, 1.807) is 12.3 Å². The van der Waals surface area contributed by atoms with Crippen LogP contribution in [0.15, 0.2) is 35.7 Å². The third kappa shape index (κ3) is 3.20. The van der Waals surface area contributed by atoms with Gasteiger partial charge in [0.2, 0.25) is 0 Å². The maximum absolute atomic E-state index is 12.6. The molecule has 1 atom stereocenters. The zero-order valence-electron chi connectivity index (χ0n) is 17.5. The van der Waals surface area contributed by atoms with Crippen LogP contribution in [0, 0.1) is 13.8 Å². The molecule has 33 heavy (non-hydrogen) atoms. The van der Waals surface area contributed by atoms with E-state index in [4.69, 9.17) is 25.2 Å². The molecule has 0 spiro atoms. The number of hydrazone groups is 1. The highest BCUT2D eigenvalue weighted by molar-refractivity contribution is 7.50. The summed E-state index contributed by atoms with van der Waals surface area (Å²) >= 11 is 6.22. The number of pyridine rings is 1. The Morgan fingerprint density at radius 1 is 1.15 bits per heavy atom. The van der Waals surface area contributed by atoms with Crippen LogP contribution in [0.25, 0.3) is 16.7 Å². The van der Waals surface area contributed by atoms with Crippen LogP contribution in [0.3, 0.4) is 0 Å². The highest BCUT2D eigenvalue weighted by Crippen LogP contribution is 2.64. The number of halogens is 1. The molecular formula is C20H15ClN7O4P. The van der Waals surface area contributed by atoms with Crippen molar-refractivity contribution in [1.82, 2.24) is 24.5 Å². The maximum atomic E-state index is 12.6. The zero-order chi connectivity index (χ0) is 22.9. The molecule has 1 aromatic carbocycles. The van der Waals surface area contributed by atoms with Crippen molar-refractivity contribution in [2.24, 2.45) is 5.10 Å². The summed E-state index contributed by atoms with van der Waals surface area (Å²) in [5.74, 6) is 2.19. The quantitative estimate of drug-likeness (QED) is 0.252. The number of hydrogen-bond acceptors (Lipinski definition) is 10. The molecule has 3 aliphatic rings. The smallest absolute Gasteiger partial charge is 0.381 e. The summed E-state index contributed by atoms with van der Waals surface area (Å²) in [7, 11) is -3.91. The van der Waals surface area contributed by atoms with Gasteiger partial charge in [-0.3, -0.25) is 9.99 Å². The lowest BCUT2D eigenvalue weighted by Crippen LogP contribution is -2.08. The number of phosphoric acid groups is 1. The maximum Gasteiger partial charge on any atom is 0.649 e. The van der Waals surface area contributed by atoms with Gasteiger partial charge < -0.3 is 13.6 Å². The topological polar surface area (TPSA) is 126 Å². The summed E-state index contributed by atoms with van der Waals surface area (Å²) in [5, 5.41) is 5.08. The molecule has 1 N–H and O–H groups in total. The molecule has 0 fully saturated rings. The number of hydrogen-bond donors (Lipinski definition) is 1. The number of phosphoric ester groups is 1. The predicted molar refractivity (Wildman–Crippen MR) is 121 cm³/mol. The zero-order valence-corrected chi connectivity index (χ0v) is 19.2. The SMILES string of the molecule is C/C(=N\Nc1nc2nc3cc(Cl)c4c(c13)OP(=O)(O2)O4)c1ccc(-n2cc(C)nc2C)nc1. The molecule has 0 aliphatic carbocycles. The summed E-state index contributed by atoms with van der Waals surface area (Å²) < 4.78 is 30.6. The number of rotatable bonds is 4. The Bertz CT molecular complexity index is 1550. The first-order chi connectivity index (χ1) is 15.8. The minimum Gasteiger partial charge on any atom is -0.381 e. The van der Waals surface area contributed by atoms with Crippen molar-refractivity contribution >= 4 is 41.9 Å². The Kier molecular flexibility index (Phi) is 4.17. The van der Waals surface area contributed by atoms with Crippen LogP contribution in [0.4, 0.5) is 5.82 Å². The van der Waals surface area contributed by atoms with Gasteiger partial charge in [-0.25, -0.2) is 9.97 Å². The molecule has 5 bridgehead atoms. The fourth-order valence-corrected chi connectivity index (χ4v) is 5.14. The van der Waals surface area contributed by atoms with E-state index in [9.17, 15) is 4.57 Å². The van der Waals surface area contributed by atoms with Crippen molar-refractivity contribution in [3.8, 4) is 23.3 Å². The van der Waals surface area contributed by atoms with Gasteiger partial charge in [0.25, 0.3) is 0 Å². The molecular weight excluding hydrogens is 469 g/mol. The molecule has 6 heterocycles. The summed E-state index contributed by atoms with van der Waals surface area (Å²) in [4.78, 5) is 17.4. The Morgan fingerprint density at radius 3 is 2.70 bits per heavy atom. The minimum absolute atomic E-state index is 0.122. The third-order valence-electron chi connectivity index (χ3n) is 5.17. The van der Waals surface area contributed by atoms with Gasteiger partial charge in [0, 0.05) is 18.0 Å². The molecule has 0 amide bonds. The highest BCUT2D eigenvalue weighted by atomic mass is 35.5. The number of anilines is 1. The lowest BCUT2D eigenvalue weighted by Gasteiger charge is -2.14. The molecule has 1 unspecified atom stereocenters. The number of aromatic nitrogens is 5. The van der Waals surface area contributed by atoms with Crippen LogP contribution >= 0.6 is 19.4 Å².